The molecule has 29 heavy (non-hydrogen) atoms. The van der Waals surface area contributed by atoms with E-state index in [2.05, 4.69) is 10.6 Å². The summed E-state index contributed by atoms with van der Waals surface area (Å²) in [4.78, 5) is 24.4. The summed E-state index contributed by atoms with van der Waals surface area (Å²) in [6.45, 7) is 3.74. The van der Waals surface area contributed by atoms with Crippen molar-refractivity contribution in [3.05, 3.63) is 89.2 Å². The van der Waals surface area contributed by atoms with Crippen LogP contribution in [0.2, 0.25) is 0 Å². The van der Waals surface area contributed by atoms with Crippen LogP contribution in [0.15, 0.2) is 66.7 Å². The van der Waals surface area contributed by atoms with E-state index in [1.807, 2.05) is 32.0 Å². The van der Waals surface area contributed by atoms with Crippen molar-refractivity contribution >= 4 is 23.2 Å². The van der Waals surface area contributed by atoms with E-state index in [1.54, 1.807) is 24.3 Å². The molecule has 0 radical (unpaired) electrons. The molecule has 2 amide bonds. The van der Waals surface area contributed by atoms with Gasteiger partial charge in [0, 0.05) is 16.9 Å². The van der Waals surface area contributed by atoms with Crippen molar-refractivity contribution in [2.24, 2.45) is 0 Å². The van der Waals surface area contributed by atoms with Gasteiger partial charge in [0.15, 0.2) is 6.61 Å². The first kappa shape index (κ1) is 20.1. The zero-order valence-electron chi connectivity index (χ0n) is 16.2. The van der Waals surface area contributed by atoms with Gasteiger partial charge in [0.05, 0.1) is 0 Å². The smallest absolute Gasteiger partial charge is 0.262 e. The summed E-state index contributed by atoms with van der Waals surface area (Å²) in [5, 5.41) is 5.51. The average Bonchev–Trinajstić information content (AvgIpc) is 2.72. The van der Waals surface area contributed by atoms with E-state index in [4.69, 9.17) is 4.74 Å². The quantitative estimate of drug-likeness (QED) is 0.638. The molecule has 3 aromatic rings. The van der Waals surface area contributed by atoms with E-state index in [-0.39, 0.29) is 24.2 Å². The second kappa shape index (κ2) is 9.01. The van der Waals surface area contributed by atoms with Gasteiger partial charge in [-0.15, -0.1) is 0 Å². The van der Waals surface area contributed by atoms with Crippen LogP contribution < -0.4 is 15.4 Å². The lowest BCUT2D eigenvalue weighted by molar-refractivity contribution is -0.118. The zero-order chi connectivity index (χ0) is 20.8. The number of hydrogen-bond acceptors (Lipinski definition) is 3. The molecule has 0 aliphatic carbocycles. The van der Waals surface area contributed by atoms with Crippen LogP contribution in [-0.2, 0) is 4.79 Å². The van der Waals surface area contributed by atoms with Gasteiger partial charge in [0.25, 0.3) is 11.8 Å². The minimum absolute atomic E-state index is 0.203. The first-order chi connectivity index (χ1) is 13.9. The van der Waals surface area contributed by atoms with Gasteiger partial charge in [0.1, 0.15) is 11.6 Å². The molecule has 0 aliphatic heterocycles. The van der Waals surface area contributed by atoms with Crippen LogP contribution in [0.1, 0.15) is 21.5 Å². The third-order valence-electron chi connectivity index (χ3n) is 4.47. The molecule has 0 aliphatic rings. The highest BCUT2D eigenvalue weighted by Crippen LogP contribution is 2.20. The molecular formula is C23H21FN2O3. The number of carbonyl (C=O) groups excluding carboxylic acids is 2. The summed E-state index contributed by atoms with van der Waals surface area (Å²) in [7, 11) is 0. The van der Waals surface area contributed by atoms with Crippen molar-refractivity contribution in [2.45, 2.75) is 13.8 Å². The van der Waals surface area contributed by atoms with Gasteiger partial charge in [-0.3, -0.25) is 9.59 Å². The topological polar surface area (TPSA) is 67.4 Å². The predicted molar refractivity (Wildman–Crippen MR) is 111 cm³/mol. The van der Waals surface area contributed by atoms with Crippen LogP contribution in [0, 0.1) is 19.7 Å². The van der Waals surface area contributed by atoms with Crippen molar-refractivity contribution in [3.8, 4) is 5.75 Å². The van der Waals surface area contributed by atoms with Crippen LogP contribution >= 0.6 is 0 Å². The Hall–Kier alpha value is -3.67. The predicted octanol–water partition coefficient (Wildman–Crippen LogP) is 4.71. The van der Waals surface area contributed by atoms with E-state index >= 15 is 0 Å². The van der Waals surface area contributed by atoms with Gasteiger partial charge in [-0.1, -0.05) is 12.1 Å². The minimum Gasteiger partial charge on any atom is -0.484 e. The molecule has 3 aromatic carbocycles. The number of halogens is 1. The summed E-state index contributed by atoms with van der Waals surface area (Å²) in [6, 6.07) is 17.7. The third-order valence-corrected chi connectivity index (χ3v) is 4.47. The maximum Gasteiger partial charge on any atom is 0.262 e. The lowest BCUT2D eigenvalue weighted by Gasteiger charge is -2.11. The number of ether oxygens (including phenoxy) is 1. The van der Waals surface area contributed by atoms with Crippen molar-refractivity contribution in [3.63, 3.8) is 0 Å². The fourth-order valence-corrected chi connectivity index (χ4v) is 2.66. The molecule has 148 valence electrons. The standard InChI is InChI=1S/C23H21FN2O3/c1-15-4-3-5-21(16(15)2)26-23(28)17-6-12-20(13-7-17)29-14-22(27)25-19-10-8-18(24)9-11-19/h3-13H,14H2,1-2H3,(H,25,27)(H,26,28). The van der Waals surface area contributed by atoms with E-state index in [0.29, 0.717) is 17.0 Å². The number of nitrogens with one attached hydrogen (secondary N) is 2. The molecule has 6 heteroatoms. The highest BCUT2D eigenvalue weighted by molar-refractivity contribution is 6.04. The molecular weight excluding hydrogens is 371 g/mol. The monoisotopic (exact) mass is 392 g/mol. The largest absolute Gasteiger partial charge is 0.484 e. The van der Waals surface area contributed by atoms with Gasteiger partial charge < -0.3 is 15.4 Å². The van der Waals surface area contributed by atoms with Gasteiger partial charge in [-0.05, 0) is 79.6 Å². The van der Waals surface area contributed by atoms with Gasteiger partial charge in [-0.25, -0.2) is 4.39 Å². The fourth-order valence-electron chi connectivity index (χ4n) is 2.66. The average molecular weight is 392 g/mol. The number of amides is 2. The van der Waals surface area contributed by atoms with E-state index in [1.165, 1.54) is 24.3 Å². The summed E-state index contributed by atoms with van der Waals surface area (Å²) >= 11 is 0. The molecule has 0 fully saturated rings. The van der Waals surface area contributed by atoms with Gasteiger partial charge in [-0.2, -0.15) is 0 Å². The zero-order valence-corrected chi connectivity index (χ0v) is 16.2. The summed E-state index contributed by atoms with van der Waals surface area (Å²) in [6.07, 6.45) is 0. The molecule has 5 nitrogen and oxygen atoms in total. The number of rotatable bonds is 6. The Morgan fingerprint density at radius 1 is 0.897 bits per heavy atom. The molecule has 0 spiro atoms. The summed E-state index contributed by atoms with van der Waals surface area (Å²) in [5.74, 6) is -0.504. The van der Waals surface area contributed by atoms with Crippen LogP contribution in [0.4, 0.5) is 15.8 Å². The second-order valence-electron chi connectivity index (χ2n) is 6.57. The van der Waals surface area contributed by atoms with Crippen LogP contribution in [0.25, 0.3) is 0 Å². The highest BCUT2D eigenvalue weighted by atomic mass is 19.1. The Morgan fingerprint density at radius 2 is 1.59 bits per heavy atom. The van der Waals surface area contributed by atoms with Gasteiger partial charge in [0.2, 0.25) is 0 Å². The molecule has 0 unspecified atom stereocenters. The summed E-state index contributed by atoms with van der Waals surface area (Å²) in [5.41, 5.74) is 3.86. The normalized spacial score (nSPS) is 10.3. The lowest BCUT2D eigenvalue weighted by Crippen LogP contribution is -2.20. The fraction of sp³-hybridized carbons (Fsp3) is 0.130. The molecule has 0 atom stereocenters. The van der Waals surface area contributed by atoms with E-state index < -0.39 is 0 Å². The molecule has 2 N–H and O–H groups in total. The first-order valence-electron chi connectivity index (χ1n) is 9.08. The minimum atomic E-state index is -0.374. The van der Waals surface area contributed by atoms with Crippen LogP contribution in [-0.4, -0.2) is 18.4 Å². The Bertz CT molecular complexity index is 1020. The van der Waals surface area contributed by atoms with Crippen molar-refractivity contribution in [1.82, 2.24) is 0 Å². The van der Waals surface area contributed by atoms with Crippen LogP contribution in [0.3, 0.4) is 0 Å². The van der Waals surface area contributed by atoms with Crippen molar-refractivity contribution in [2.75, 3.05) is 17.2 Å². The molecule has 0 bridgehead atoms. The number of anilines is 2. The Kier molecular flexibility index (Phi) is 6.24. The number of aryl methyl sites for hydroxylation is 1. The molecule has 0 saturated carbocycles. The maximum atomic E-state index is 12.9. The second-order valence-corrected chi connectivity index (χ2v) is 6.57. The Balaban J connectivity index is 1.54. The number of carbonyl (C=O) groups is 2. The molecule has 0 saturated heterocycles. The summed E-state index contributed by atoms with van der Waals surface area (Å²) < 4.78 is 18.3. The number of benzene rings is 3. The molecule has 0 aromatic heterocycles. The van der Waals surface area contributed by atoms with Crippen molar-refractivity contribution < 1.29 is 18.7 Å². The number of hydrogen-bond donors (Lipinski definition) is 2. The molecule has 3 rings (SSSR count). The lowest BCUT2D eigenvalue weighted by atomic mass is 10.1. The first-order valence-corrected chi connectivity index (χ1v) is 9.08. The SMILES string of the molecule is Cc1cccc(NC(=O)c2ccc(OCC(=O)Nc3ccc(F)cc3)cc2)c1C. The third kappa shape index (κ3) is 5.42. The van der Waals surface area contributed by atoms with Crippen molar-refractivity contribution in [1.29, 1.82) is 0 Å². The van der Waals surface area contributed by atoms with E-state index in [0.717, 1.165) is 16.8 Å². The Morgan fingerprint density at radius 3 is 2.28 bits per heavy atom. The Labute approximate surface area is 168 Å². The van der Waals surface area contributed by atoms with Crippen LogP contribution in [0.5, 0.6) is 5.75 Å². The van der Waals surface area contributed by atoms with E-state index in [9.17, 15) is 14.0 Å². The highest BCUT2D eigenvalue weighted by Gasteiger charge is 2.09. The maximum absolute atomic E-state index is 12.9. The molecule has 0 heterocycles. The van der Waals surface area contributed by atoms with Gasteiger partial charge >= 0.3 is 0 Å².